The lowest BCUT2D eigenvalue weighted by Crippen LogP contribution is -2.57. The molecule has 2 rings (SSSR count). The average Bonchev–Trinajstić information content (AvgIpc) is 2.38. The molecular weight excluding hydrogens is 325 g/mol. The zero-order chi connectivity index (χ0) is 14.5. The molecule has 1 fully saturated rings. The third kappa shape index (κ3) is 4.01. The number of hydrogen-bond acceptors (Lipinski definition) is 3. The molecule has 0 bridgehead atoms. The van der Waals surface area contributed by atoms with Crippen LogP contribution in [-0.4, -0.2) is 43.0 Å². The molecule has 2 N–H and O–H groups in total. The quantitative estimate of drug-likeness (QED) is 0.870. The highest BCUT2D eigenvalue weighted by molar-refractivity contribution is 9.10. The smallest absolute Gasteiger partial charge is 0.238 e. The van der Waals surface area contributed by atoms with Gasteiger partial charge in [0, 0.05) is 37.2 Å². The number of piperazine rings is 1. The SMILES string of the molecule is CCNC(=O)C1CNCCN1Cc1cc(F)cc(Br)c1. The maximum Gasteiger partial charge on any atom is 0.238 e. The molecule has 1 unspecified atom stereocenters. The Morgan fingerprint density at radius 2 is 2.35 bits per heavy atom. The molecule has 1 heterocycles. The van der Waals surface area contributed by atoms with Gasteiger partial charge < -0.3 is 10.6 Å². The van der Waals surface area contributed by atoms with E-state index in [1.54, 1.807) is 0 Å². The van der Waals surface area contributed by atoms with Crippen LogP contribution in [0.5, 0.6) is 0 Å². The third-order valence-electron chi connectivity index (χ3n) is 3.32. The third-order valence-corrected chi connectivity index (χ3v) is 3.77. The van der Waals surface area contributed by atoms with Crippen molar-refractivity contribution in [1.82, 2.24) is 15.5 Å². The van der Waals surface area contributed by atoms with Crippen LogP contribution in [0.3, 0.4) is 0 Å². The van der Waals surface area contributed by atoms with E-state index in [2.05, 4.69) is 31.5 Å². The number of nitrogens with zero attached hydrogens (tertiary/aromatic N) is 1. The highest BCUT2D eigenvalue weighted by Gasteiger charge is 2.28. The van der Waals surface area contributed by atoms with E-state index in [1.807, 2.05) is 13.0 Å². The fourth-order valence-electron chi connectivity index (χ4n) is 2.42. The summed E-state index contributed by atoms with van der Waals surface area (Å²) in [7, 11) is 0. The first kappa shape index (κ1) is 15.4. The zero-order valence-electron chi connectivity index (χ0n) is 11.5. The molecule has 4 nitrogen and oxygen atoms in total. The molecule has 1 aliphatic rings. The van der Waals surface area contributed by atoms with E-state index >= 15 is 0 Å². The number of hydrogen-bond donors (Lipinski definition) is 2. The van der Waals surface area contributed by atoms with Gasteiger partial charge >= 0.3 is 0 Å². The molecule has 20 heavy (non-hydrogen) atoms. The van der Waals surface area contributed by atoms with Gasteiger partial charge in [0.2, 0.25) is 5.91 Å². The molecule has 1 aromatic rings. The Balaban J connectivity index is 2.10. The van der Waals surface area contributed by atoms with Gasteiger partial charge in [0.05, 0.1) is 0 Å². The molecule has 1 atom stereocenters. The number of nitrogens with one attached hydrogen (secondary N) is 2. The molecule has 110 valence electrons. The summed E-state index contributed by atoms with van der Waals surface area (Å²) < 4.78 is 14.1. The van der Waals surface area contributed by atoms with Crippen molar-refractivity contribution < 1.29 is 9.18 Å². The van der Waals surface area contributed by atoms with Crippen molar-refractivity contribution in [3.63, 3.8) is 0 Å². The Morgan fingerprint density at radius 3 is 3.05 bits per heavy atom. The maximum atomic E-state index is 13.4. The first-order valence-electron chi connectivity index (χ1n) is 6.77. The van der Waals surface area contributed by atoms with E-state index in [0.717, 1.165) is 23.1 Å². The van der Waals surface area contributed by atoms with Gasteiger partial charge in [-0.25, -0.2) is 4.39 Å². The van der Waals surface area contributed by atoms with Crippen molar-refractivity contribution in [2.75, 3.05) is 26.2 Å². The summed E-state index contributed by atoms with van der Waals surface area (Å²) in [5.41, 5.74) is 0.869. The summed E-state index contributed by atoms with van der Waals surface area (Å²) in [6, 6.07) is 4.63. The molecule has 0 spiro atoms. The fourth-order valence-corrected chi connectivity index (χ4v) is 2.94. The number of rotatable bonds is 4. The molecule has 0 saturated carbocycles. The van der Waals surface area contributed by atoms with Crippen LogP contribution < -0.4 is 10.6 Å². The van der Waals surface area contributed by atoms with Crippen molar-refractivity contribution in [2.45, 2.75) is 19.5 Å². The fraction of sp³-hybridized carbons (Fsp3) is 0.500. The first-order chi connectivity index (χ1) is 9.60. The number of carbonyl (C=O) groups is 1. The highest BCUT2D eigenvalue weighted by atomic mass is 79.9. The summed E-state index contributed by atoms with van der Waals surface area (Å²) >= 11 is 3.30. The van der Waals surface area contributed by atoms with Crippen LogP contribution in [-0.2, 0) is 11.3 Å². The summed E-state index contributed by atoms with van der Waals surface area (Å²) in [6.07, 6.45) is 0. The maximum absolute atomic E-state index is 13.4. The van der Waals surface area contributed by atoms with Gasteiger partial charge in [0.15, 0.2) is 0 Å². The molecule has 1 aliphatic heterocycles. The predicted octanol–water partition coefficient (Wildman–Crippen LogP) is 1.50. The lowest BCUT2D eigenvalue weighted by atomic mass is 10.1. The van der Waals surface area contributed by atoms with Gasteiger partial charge in [-0.3, -0.25) is 9.69 Å². The number of amides is 1. The molecule has 1 amide bonds. The highest BCUT2D eigenvalue weighted by Crippen LogP contribution is 2.18. The summed E-state index contributed by atoms with van der Waals surface area (Å²) in [6.45, 7) is 5.33. The van der Waals surface area contributed by atoms with Crippen molar-refractivity contribution in [2.24, 2.45) is 0 Å². The summed E-state index contributed by atoms with van der Waals surface area (Å²) in [5.74, 6) is -0.241. The molecule has 6 heteroatoms. The molecule has 1 saturated heterocycles. The Hall–Kier alpha value is -0.980. The van der Waals surface area contributed by atoms with E-state index in [4.69, 9.17) is 0 Å². The monoisotopic (exact) mass is 343 g/mol. The van der Waals surface area contributed by atoms with Crippen LogP contribution >= 0.6 is 15.9 Å². The molecule has 1 aromatic carbocycles. The van der Waals surface area contributed by atoms with E-state index in [9.17, 15) is 9.18 Å². The molecular formula is C14H19BrFN3O. The largest absolute Gasteiger partial charge is 0.355 e. The van der Waals surface area contributed by atoms with E-state index < -0.39 is 0 Å². The van der Waals surface area contributed by atoms with Gasteiger partial charge in [-0.05, 0) is 30.7 Å². The molecule has 0 aliphatic carbocycles. The number of halogens is 2. The van der Waals surface area contributed by atoms with Gasteiger partial charge in [0.1, 0.15) is 11.9 Å². The number of likely N-dealkylation sites (N-methyl/N-ethyl adjacent to an activating group) is 1. The van der Waals surface area contributed by atoms with Gasteiger partial charge in [-0.1, -0.05) is 15.9 Å². The molecule has 0 aromatic heterocycles. The second kappa shape index (κ2) is 7.15. The second-order valence-corrected chi connectivity index (χ2v) is 5.78. The minimum atomic E-state index is -0.265. The van der Waals surface area contributed by atoms with E-state index in [0.29, 0.717) is 19.6 Å². The van der Waals surface area contributed by atoms with Crippen LogP contribution in [0.25, 0.3) is 0 Å². The summed E-state index contributed by atoms with van der Waals surface area (Å²) in [4.78, 5) is 14.1. The lowest BCUT2D eigenvalue weighted by Gasteiger charge is -2.35. The van der Waals surface area contributed by atoms with Crippen LogP contribution in [0, 0.1) is 5.82 Å². The number of benzene rings is 1. The van der Waals surface area contributed by atoms with Crippen molar-refractivity contribution in [3.05, 3.63) is 34.1 Å². The van der Waals surface area contributed by atoms with E-state index in [-0.39, 0.29) is 17.8 Å². The van der Waals surface area contributed by atoms with Gasteiger partial charge in [-0.2, -0.15) is 0 Å². The average molecular weight is 344 g/mol. The van der Waals surface area contributed by atoms with Crippen LogP contribution in [0.2, 0.25) is 0 Å². The van der Waals surface area contributed by atoms with Crippen molar-refractivity contribution in [1.29, 1.82) is 0 Å². The summed E-state index contributed by atoms with van der Waals surface area (Å²) in [5, 5.41) is 6.08. The van der Waals surface area contributed by atoms with Crippen LogP contribution in [0.4, 0.5) is 4.39 Å². The number of carbonyl (C=O) groups excluding carboxylic acids is 1. The minimum Gasteiger partial charge on any atom is -0.355 e. The van der Waals surface area contributed by atoms with Crippen LogP contribution in [0.15, 0.2) is 22.7 Å². The minimum absolute atomic E-state index is 0.0233. The van der Waals surface area contributed by atoms with Crippen molar-refractivity contribution in [3.8, 4) is 0 Å². The Kier molecular flexibility index (Phi) is 5.51. The normalized spacial score (nSPS) is 19.9. The van der Waals surface area contributed by atoms with Crippen molar-refractivity contribution >= 4 is 21.8 Å². The standard InChI is InChI=1S/C14H19BrFN3O/c1-2-18-14(20)13-8-17-3-4-19(13)9-10-5-11(15)7-12(16)6-10/h5-7,13,17H,2-4,8-9H2,1H3,(H,18,20). The predicted molar refractivity (Wildman–Crippen MR) is 79.9 cm³/mol. The zero-order valence-corrected chi connectivity index (χ0v) is 13.0. The lowest BCUT2D eigenvalue weighted by molar-refractivity contribution is -0.127. The Bertz CT molecular complexity index is 463. The van der Waals surface area contributed by atoms with E-state index in [1.165, 1.54) is 12.1 Å². The van der Waals surface area contributed by atoms with Gasteiger partial charge in [-0.15, -0.1) is 0 Å². The van der Waals surface area contributed by atoms with Gasteiger partial charge in [0.25, 0.3) is 0 Å². The molecule has 0 radical (unpaired) electrons. The Labute approximate surface area is 126 Å². The first-order valence-corrected chi connectivity index (χ1v) is 7.57. The second-order valence-electron chi connectivity index (χ2n) is 4.86. The van der Waals surface area contributed by atoms with Crippen LogP contribution in [0.1, 0.15) is 12.5 Å². The topological polar surface area (TPSA) is 44.4 Å². The Morgan fingerprint density at radius 1 is 1.55 bits per heavy atom.